The van der Waals surface area contributed by atoms with E-state index in [4.69, 9.17) is 0 Å². The second-order valence-electron chi connectivity index (χ2n) is 5.41. The van der Waals surface area contributed by atoms with Gasteiger partial charge in [0.2, 0.25) is 5.69 Å². The van der Waals surface area contributed by atoms with Crippen molar-refractivity contribution in [1.29, 1.82) is 0 Å². The molecule has 2 aromatic carbocycles. The van der Waals surface area contributed by atoms with Crippen LogP contribution in [0.3, 0.4) is 0 Å². The zero-order valence-corrected chi connectivity index (χ0v) is 11.5. The summed E-state index contributed by atoms with van der Waals surface area (Å²) in [5, 5.41) is 0. The van der Waals surface area contributed by atoms with Gasteiger partial charge in [-0.05, 0) is 24.1 Å². The van der Waals surface area contributed by atoms with Gasteiger partial charge >= 0.3 is 0 Å². The van der Waals surface area contributed by atoms with Gasteiger partial charge in [-0.1, -0.05) is 48.5 Å². The Morgan fingerprint density at radius 3 is 2.45 bits per heavy atom. The molecule has 0 amide bonds. The highest BCUT2D eigenvalue weighted by Crippen LogP contribution is 2.30. The minimum absolute atomic E-state index is 0.978. The fourth-order valence-corrected chi connectivity index (χ4v) is 3.07. The zero-order chi connectivity index (χ0) is 13.5. The number of pyridine rings is 1. The minimum atomic E-state index is 0.978. The molecular formula is C19H16N+. The van der Waals surface area contributed by atoms with E-state index < -0.39 is 0 Å². The van der Waals surface area contributed by atoms with Crippen LogP contribution in [0.4, 0.5) is 0 Å². The van der Waals surface area contributed by atoms with E-state index in [9.17, 15) is 0 Å². The highest BCUT2D eigenvalue weighted by atomic mass is 15.0. The molecule has 20 heavy (non-hydrogen) atoms. The molecule has 1 aliphatic heterocycles. The van der Waals surface area contributed by atoms with Gasteiger partial charge in [-0.25, -0.2) is 0 Å². The summed E-state index contributed by atoms with van der Waals surface area (Å²) in [6, 6.07) is 21.6. The lowest BCUT2D eigenvalue weighted by atomic mass is 10.0. The molecule has 0 atom stereocenters. The fourth-order valence-electron chi connectivity index (χ4n) is 3.07. The number of hydrogen-bond donors (Lipinski definition) is 0. The lowest BCUT2D eigenvalue weighted by molar-refractivity contribution is -0.671. The van der Waals surface area contributed by atoms with Gasteiger partial charge in [0, 0.05) is 17.2 Å². The first-order chi connectivity index (χ1) is 9.83. The number of nitrogens with zero attached hydrogens (tertiary/aromatic N) is 1. The summed E-state index contributed by atoms with van der Waals surface area (Å²) < 4.78 is 2.36. The molecule has 3 aromatic rings. The number of fused-ring (bicyclic) bond motifs is 3. The quantitative estimate of drug-likeness (QED) is 0.455. The van der Waals surface area contributed by atoms with Crippen molar-refractivity contribution in [2.75, 3.05) is 0 Å². The molecule has 0 aliphatic carbocycles. The molecule has 2 heterocycles. The first-order valence-corrected chi connectivity index (χ1v) is 7.01. The molecule has 0 saturated carbocycles. The van der Waals surface area contributed by atoms with Crippen LogP contribution in [-0.4, -0.2) is 0 Å². The normalized spacial score (nSPS) is 12.1. The van der Waals surface area contributed by atoms with Gasteiger partial charge in [0.1, 0.15) is 0 Å². The molecule has 0 fully saturated rings. The van der Waals surface area contributed by atoms with E-state index in [1.165, 1.54) is 33.5 Å². The lowest BCUT2D eigenvalue weighted by Crippen LogP contribution is -2.32. The van der Waals surface area contributed by atoms with Gasteiger partial charge in [-0.15, -0.1) is 0 Å². The van der Waals surface area contributed by atoms with Crippen LogP contribution in [0.1, 0.15) is 11.1 Å². The third-order valence-electron chi connectivity index (χ3n) is 4.09. The molecule has 1 aliphatic rings. The first kappa shape index (κ1) is 11.4. The van der Waals surface area contributed by atoms with Crippen molar-refractivity contribution in [1.82, 2.24) is 0 Å². The van der Waals surface area contributed by atoms with Crippen LogP contribution in [0, 0.1) is 6.92 Å². The van der Waals surface area contributed by atoms with Gasteiger partial charge in [0.15, 0.2) is 12.7 Å². The van der Waals surface area contributed by atoms with Gasteiger partial charge in [0.25, 0.3) is 0 Å². The number of aryl methyl sites for hydroxylation is 1. The zero-order valence-electron chi connectivity index (χ0n) is 11.5. The molecule has 1 nitrogen and oxygen atoms in total. The van der Waals surface area contributed by atoms with Crippen LogP contribution in [0.5, 0.6) is 0 Å². The molecule has 4 rings (SSSR count). The minimum Gasteiger partial charge on any atom is -0.193 e. The molecule has 0 unspecified atom stereocenters. The largest absolute Gasteiger partial charge is 0.213 e. The summed E-state index contributed by atoms with van der Waals surface area (Å²) in [6.07, 6.45) is 2.29. The molecule has 1 aromatic heterocycles. The molecule has 0 saturated heterocycles. The van der Waals surface area contributed by atoms with Crippen molar-refractivity contribution < 1.29 is 4.57 Å². The van der Waals surface area contributed by atoms with E-state index in [2.05, 4.69) is 78.4 Å². The Labute approximate surface area is 119 Å². The summed E-state index contributed by atoms with van der Waals surface area (Å²) in [6.45, 7) is 3.18. The van der Waals surface area contributed by atoms with Gasteiger partial charge in [0.05, 0.1) is 5.56 Å². The summed E-state index contributed by atoms with van der Waals surface area (Å²) in [5.41, 5.74) is 8.06. The molecule has 0 N–H and O–H groups in total. The highest BCUT2D eigenvalue weighted by molar-refractivity contribution is 5.70. The van der Waals surface area contributed by atoms with Crippen LogP contribution in [-0.2, 0) is 6.54 Å². The standard InChI is InChI=1S/C19H16N/c1-14-11-19-17-10-6-5-9-16(17)12-20(19)13-18(14)15-7-3-2-4-8-15/h2-11,13H,12H2,1H3/q+1. The number of hydrogen-bond acceptors (Lipinski definition) is 0. The Morgan fingerprint density at radius 1 is 0.850 bits per heavy atom. The third kappa shape index (κ3) is 1.67. The highest BCUT2D eigenvalue weighted by Gasteiger charge is 2.26. The summed E-state index contributed by atoms with van der Waals surface area (Å²) in [7, 11) is 0. The molecule has 0 radical (unpaired) electrons. The maximum Gasteiger partial charge on any atom is 0.213 e. The molecular weight excluding hydrogens is 242 g/mol. The van der Waals surface area contributed by atoms with Crippen LogP contribution in [0.15, 0.2) is 66.9 Å². The Hall–Kier alpha value is -2.41. The van der Waals surface area contributed by atoms with Crippen molar-refractivity contribution in [3.05, 3.63) is 78.0 Å². The van der Waals surface area contributed by atoms with Gasteiger partial charge < -0.3 is 0 Å². The van der Waals surface area contributed by atoms with E-state index in [1.807, 2.05) is 0 Å². The number of rotatable bonds is 1. The average Bonchev–Trinajstić information content (AvgIpc) is 2.85. The Kier molecular flexibility index (Phi) is 2.46. The monoisotopic (exact) mass is 258 g/mol. The van der Waals surface area contributed by atoms with Crippen molar-refractivity contribution in [2.24, 2.45) is 0 Å². The number of aromatic nitrogens is 1. The Balaban J connectivity index is 1.90. The maximum absolute atomic E-state index is 2.36. The van der Waals surface area contributed by atoms with E-state index in [0.29, 0.717) is 0 Å². The second-order valence-corrected chi connectivity index (χ2v) is 5.41. The summed E-state index contributed by atoms with van der Waals surface area (Å²) in [4.78, 5) is 0. The van der Waals surface area contributed by atoms with E-state index >= 15 is 0 Å². The van der Waals surface area contributed by atoms with E-state index in [-0.39, 0.29) is 0 Å². The molecule has 0 bridgehead atoms. The van der Waals surface area contributed by atoms with E-state index in [1.54, 1.807) is 0 Å². The number of benzene rings is 2. The average molecular weight is 258 g/mol. The van der Waals surface area contributed by atoms with Crippen molar-refractivity contribution in [3.8, 4) is 22.4 Å². The topological polar surface area (TPSA) is 3.88 Å². The van der Waals surface area contributed by atoms with E-state index in [0.717, 1.165) is 6.54 Å². The van der Waals surface area contributed by atoms with Crippen LogP contribution in [0.25, 0.3) is 22.4 Å². The van der Waals surface area contributed by atoms with Crippen molar-refractivity contribution in [3.63, 3.8) is 0 Å². The van der Waals surface area contributed by atoms with Gasteiger partial charge in [-0.2, -0.15) is 4.57 Å². The van der Waals surface area contributed by atoms with Crippen molar-refractivity contribution >= 4 is 0 Å². The first-order valence-electron chi connectivity index (χ1n) is 7.01. The maximum atomic E-state index is 2.36. The second kappa shape index (κ2) is 4.31. The SMILES string of the molecule is Cc1cc2[n+](cc1-c1ccccc1)Cc1ccccc1-2. The van der Waals surface area contributed by atoms with Gasteiger partial charge in [-0.3, -0.25) is 0 Å². The predicted molar refractivity (Wildman–Crippen MR) is 81.3 cm³/mol. The third-order valence-corrected chi connectivity index (χ3v) is 4.09. The summed E-state index contributed by atoms with van der Waals surface area (Å²) in [5.74, 6) is 0. The van der Waals surface area contributed by atoms with Crippen LogP contribution in [0.2, 0.25) is 0 Å². The van der Waals surface area contributed by atoms with Crippen molar-refractivity contribution in [2.45, 2.75) is 13.5 Å². The lowest BCUT2D eigenvalue weighted by Gasteiger charge is -2.05. The molecule has 96 valence electrons. The molecule has 1 heteroatoms. The summed E-state index contributed by atoms with van der Waals surface area (Å²) >= 11 is 0. The molecule has 0 spiro atoms. The predicted octanol–water partition coefficient (Wildman–Crippen LogP) is 3.98. The Morgan fingerprint density at radius 2 is 1.60 bits per heavy atom. The smallest absolute Gasteiger partial charge is 0.193 e. The van der Waals surface area contributed by atoms with Crippen LogP contribution >= 0.6 is 0 Å². The Bertz CT molecular complexity index is 788. The fraction of sp³-hybridized carbons (Fsp3) is 0.105. The van der Waals surface area contributed by atoms with Crippen LogP contribution < -0.4 is 4.57 Å².